The van der Waals surface area contributed by atoms with Crippen molar-refractivity contribution in [1.82, 2.24) is 4.90 Å². The van der Waals surface area contributed by atoms with E-state index in [0.717, 1.165) is 44.6 Å². The SMILES string of the molecule is CCC1CCC(O)C(CN(C)CCOCC2CC2)C1. The van der Waals surface area contributed by atoms with Crippen LogP contribution in [0.15, 0.2) is 0 Å². The molecule has 3 nitrogen and oxygen atoms in total. The van der Waals surface area contributed by atoms with Gasteiger partial charge in [0.15, 0.2) is 0 Å². The van der Waals surface area contributed by atoms with E-state index in [1.807, 2.05) is 0 Å². The number of rotatable bonds is 8. The first-order valence-electron chi connectivity index (χ1n) is 8.13. The van der Waals surface area contributed by atoms with Crippen LogP contribution in [0.4, 0.5) is 0 Å². The van der Waals surface area contributed by atoms with E-state index < -0.39 is 0 Å². The molecule has 0 saturated heterocycles. The van der Waals surface area contributed by atoms with Crippen LogP contribution in [-0.4, -0.2) is 49.5 Å². The maximum absolute atomic E-state index is 10.1. The lowest BCUT2D eigenvalue weighted by molar-refractivity contribution is 0.0244. The highest BCUT2D eigenvalue weighted by Crippen LogP contribution is 2.31. The van der Waals surface area contributed by atoms with Gasteiger partial charge in [-0.1, -0.05) is 13.3 Å². The van der Waals surface area contributed by atoms with Crippen molar-refractivity contribution in [2.75, 3.05) is 33.4 Å². The summed E-state index contributed by atoms with van der Waals surface area (Å²) < 4.78 is 5.68. The highest BCUT2D eigenvalue weighted by molar-refractivity contribution is 4.81. The van der Waals surface area contributed by atoms with Crippen molar-refractivity contribution in [3.05, 3.63) is 0 Å². The molecule has 0 aromatic rings. The molecule has 0 heterocycles. The molecule has 0 aliphatic heterocycles. The number of hydrogen-bond donors (Lipinski definition) is 1. The number of aliphatic hydroxyl groups is 1. The zero-order chi connectivity index (χ0) is 13.7. The zero-order valence-electron chi connectivity index (χ0n) is 12.7. The number of hydrogen-bond acceptors (Lipinski definition) is 3. The van der Waals surface area contributed by atoms with E-state index in [-0.39, 0.29) is 6.10 Å². The lowest BCUT2D eigenvalue weighted by atomic mass is 9.78. The predicted octanol–water partition coefficient (Wildman–Crippen LogP) is 2.53. The summed E-state index contributed by atoms with van der Waals surface area (Å²) in [6, 6.07) is 0. The standard InChI is InChI=1S/C16H31NO2/c1-3-13-6-7-16(18)15(10-13)11-17(2)8-9-19-12-14-4-5-14/h13-16,18H,3-12H2,1-2H3. The molecule has 2 aliphatic rings. The minimum Gasteiger partial charge on any atom is -0.393 e. The van der Waals surface area contributed by atoms with Gasteiger partial charge in [0.05, 0.1) is 12.7 Å². The fourth-order valence-corrected chi connectivity index (χ4v) is 3.16. The number of nitrogens with zero attached hydrogens (tertiary/aromatic N) is 1. The Labute approximate surface area is 118 Å². The van der Waals surface area contributed by atoms with Gasteiger partial charge in [0.1, 0.15) is 0 Å². The van der Waals surface area contributed by atoms with Crippen LogP contribution in [0, 0.1) is 17.8 Å². The minimum absolute atomic E-state index is 0.0855. The van der Waals surface area contributed by atoms with Gasteiger partial charge in [0.25, 0.3) is 0 Å². The van der Waals surface area contributed by atoms with Crippen molar-refractivity contribution in [2.45, 2.75) is 51.6 Å². The lowest BCUT2D eigenvalue weighted by Crippen LogP contribution is -2.38. The molecule has 19 heavy (non-hydrogen) atoms. The van der Waals surface area contributed by atoms with Crippen molar-refractivity contribution < 1.29 is 9.84 Å². The molecule has 3 heteroatoms. The van der Waals surface area contributed by atoms with Crippen LogP contribution in [0.2, 0.25) is 0 Å². The van der Waals surface area contributed by atoms with Gasteiger partial charge in [0.2, 0.25) is 0 Å². The third-order valence-electron chi connectivity index (χ3n) is 4.84. The molecule has 112 valence electrons. The summed E-state index contributed by atoms with van der Waals surface area (Å²) in [6.45, 7) is 6.08. The van der Waals surface area contributed by atoms with Gasteiger partial charge < -0.3 is 14.7 Å². The zero-order valence-corrected chi connectivity index (χ0v) is 12.7. The average Bonchev–Trinajstić information content (AvgIpc) is 3.21. The van der Waals surface area contributed by atoms with Crippen molar-refractivity contribution in [3.8, 4) is 0 Å². The molecule has 0 aromatic carbocycles. The Balaban J connectivity index is 1.60. The molecule has 1 N–H and O–H groups in total. The Morgan fingerprint density at radius 3 is 2.58 bits per heavy atom. The van der Waals surface area contributed by atoms with E-state index >= 15 is 0 Å². The number of likely N-dealkylation sites (N-methyl/N-ethyl adjacent to an activating group) is 1. The van der Waals surface area contributed by atoms with Crippen LogP contribution in [0.3, 0.4) is 0 Å². The van der Waals surface area contributed by atoms with Crippen LogP contribution in [0.1, 0.15) is 45.4 Å². The highest BCUT2D eigenvalue weighted by Gasteiger charge is 2.29. The van der Waals surface area contributed by atoms with Gasteiger partial charge >= 0.3 is 0 Å². The second-order valence-electron chi connectivity index (χ2n) is 6.70. The number of aliphatic hydroxyl groups excluding tert-OH is 1. The molecule has 2 rings (SSSR count). The Morgan fingerprint density at radius 2 is 1.89 bits per heavy atom. The van der Waals surface area contributed by atoms with Crippen LogP contribution >= 0.6 is 0 Å². The second kappa shape index (κ2) is 7.61. The fraction of sp³-hybridized carbons (Fsp3) is 1.00. The molecule has 0 radical (unpaired) electrons. The van der Waals surface area contributed by atoms with E-state index in [9.17, 15) is 5.11 Å². The maximum Gasteiger partial charge on any atom is 0.0593 e. The molecule has 2 aliphatic carbocycles. The van der Waals surface area contributed by atoms with E-state index in [0.29, 0.717) is 5.92 Å². The van der Waals surface area contributed by atoms with Crippen LogP contribution < -0.4 is 0 Å². The van der Waals surface area contributed by atoms with E-state index in [2.05, 4.69) is 18.9 Å². The summed E-state index contributed by atoms with van der Waals surface area (Å²) in [4.78, 5) is 2.33. The van der Waals surface area contributed by atoms with Crippen molar-refractivity contribution in [3.63, 3.8) is 0 Å². The summed E-state index contributed by atoms with van der Waals surface area (Å²) in [7, 11) is 2.16. The van der Waals surface area contributed by atoms with Crippen LogP contribution in [-0.2, 0) is 4.74 Å². The summed E-state index contributed by atoms with van der Waals surface area (Å²) >= 11 is 0. The Kier molecular flexibility index (Phi) is 6.11. The highest BCUT2D eigenvalue weighted by atomic mass is 16.5. The maximum atomic E-state index is 10.1. The second-order valence-corrected chi connectivity index (χ2v) is 6.70. The van der Waals surface area contributed by atoms with E-state index in [1.165, 1.54) is 32.1 Å². The Hall–Kier alpha value is -0.120. The largest absolute Gasteiger partial charge is 0.393 e. The number of ether oxygens (including phenoxy) is 1. The first-order chi connectivity index (χ1) is 9.19. The topological polar surface area (TPSA) is 32.7 Å². The van der Waals surface area contributed by atoms with Gasteiger partial charge in [-0.3, -0.25) is 0 Å². The molecule has 0 amide bonds. The third kappa shape index (κ3) is 5.41. The van der Waals surface area contributed by atoms with E-state index in [4.69, 9.17) is 4.74 Å². The van der Waals surface area contributed by atoms with Crippen LogP contribution in [0.25, 0.3) is 0 Å². The molecule has 2 saturated carbocycles. The molecule has 3 atom stereocenters. The molecule has 0 aromatic heterocycles. The summed E-state index contributed by atoms with van der Waals surface area (Å²) in [5.41, 5.74) is 0. The van der Waals surface area contributed by atoms with Gasteiger partial charge in [-0.15, -0.1) is 0 Å². The molecular weight excluding hydrogens is 238 g/mol. The Bertz CT molecular complexity index is 255. The van der Waals surface area contributed by atoms with Crippen molar-refractivity contribution in [1.29, 1.82) is 0 Å². The first kappa shape index (κ1) is 15.3. The molecule has 2 fully saturated rings. The molecule has 3 unspecified atom stereocenters. The predicted molar refractivity (Wildman–Crippen MR) is 78.2 cm³/mol. The smallest absolute Gasteiger partial charge is 0.0593 e. The van der Waals surface area contributed by atoms with Gasteiger partial charge in [-0.25, -0.2) is 0 Å². The van der Waals surface area contributed by atoms with Crippen LogP contribution in [0.5, 0.6) is 0 Å². The summed E-state index contributed by atoms with van der Waals surface area (Å²) in [6.07, 6.45) is 7.31. The van der Waals surface area contributed by atoms with E-state index in [1.54, 1.807) is 0 Å². The van der Waals surface area contributed by atoms with Gasteiger partial charge in [0, 0.05) is 19.7 Å². The fourth-order valence-electron chi connectivity index (χ4n) is 3.16. The third-order valence-corrected chi connectivity index (χ3v) is 4.84. The minimum atomic E-state index is -0.0855. The average molecular weight is 269 g/mol. The van der Waals surface area contributed by atoms with Crippen molar-refractivity contribution >= 4 is 0 Å². The lowest BCUT2D eigenvalue weighted by Gasteiger charge is -2.35. The molecular formula is C16H31NO2. The Morgan fingerprint density at radius 1 is 1.16 bits per heavy atom. The monoisotopic (exact) mass is 269 g/mol. The van der Waals surface area contributed by atoms with Gasteiger partial charge in [-0.2, -0.15) is 0 Å². The van der Waals surface area contributed by atoms with Gasteiger partial charge in [-0.05, 0) is 56.9 Å². The molecule has 0 bridgehead atoms. The van der Waals surface area contributed by atoms with Crippen molar-refractivity contribution in [2.24, 2.45) is 17.8 Å². The summed E-state index contributed by atoms with van der Waals surface area (Å²) in [5.74, 6) is 2.15. The quantitative estimate of drug-likeness (QED) is 0.687. The normalized spacial score (nSPS) is 31.9. The summed E-state index contributed by atoms with van der Waals surface area (Å²) in [5, 5.41) is 10.1. The molecule has 0 spiro atoms. The first-order valence-corrected chi connectivity index (χ1v) is 8.13.